The van der Waals surface area contributed by atoms with Crippen molar-refractivity contribution in [1.82, 2.24) is 0 Å². The summed E-state index contributed by atoms with van der Waals surface area (Å²) in [5, 5.41) is 2.71. The Morgan fingerprint density at radius 2 is 1.56 bits per heavy atom. The van der Waals surface area contributed by atoms with Gasteiger partial charge in [0.25, 0.3) is 15.9 Å². The maximum atomic E-state index is 13.0. The third-order valence-electron chi connectivity index (χ3n) is 4.72. The molecule has 3 aromatic carbocycles. The van der Waals surface area contributed by atoms with E-state index in [1.807, 2.05) is 26.0 Å². The number of sulfonamides is 1. The van der Waals surface area contributed by atoms with E-state index < -0.39 is 15.9 Å². The van der Waals surface area contributed by atoms with E-state index >= 15 is 0 Å². The van der Waals surface area contributed by atoms with Crippen molar-refractivity contribution in [2.75, 3.05) is 24.3 Å². The quantitative estimate of drug-likeness (QED) is 0.501. The molecule has 0 fully saturated rings. The Morgan fingerprint density at radius 1 is 0.906 bits per heavy atom. The molecule has 0 atom stereocenters. The molecule has 0 aromatic heterocycles. The maximum absolute atomic E-state index is 13.0. The van der Waals surface area contributed by atoms with Crippen LogP contribution in [0.25, 0.3) is 0 Å². The van der Waals surface area contributed by atoms with Crippen LogP contribution in [0.15, 0.2) is 59.5 Å². The van der Waals surface area contributed by atoms with Gasteiger partial charge in [0.2, 0.25) is 0 Å². The van der Waals surface area contributed by atoms with Gasteiger partial charge in [-0.3, -0.25) is 9.52 Å². The van der Waals surface area contributed by atoms with Crippen LogP contribution in [0, 0.1) is 13.8 Å². The molecule has 0 spiro atoms. The second kappa shape index (κ2) is 9.50. The lowest BCUT2D eigenvalue weighted by molar-refractivity contribution is 0.102. The Labute approximate surface area is 192 Å². The molecule has 0 aliphatic heterocycles. The molecule has 168 valence electrons. The van der Waals surface area contributed by atoms with Crippen molar-refractivity contribution in [3.05, 3.63) is 76.3 Å². The number of carbonyl (C=O) groups excluding carboxylic acids is 1. The van der Waals surface area contributed by atoms with Crippen LogP contribution in [0.1, 0.15) is 21.5 Å². The van der Waals surface area contributed by atoms with Crippen molar-refractivity contribution < 1.29 is 22.7 Å². The third-order valence-corrected chi connectivity index (χ3v) is 6.57. The van der Waals surface area contributed by atoms with Crippen molar-refractivity contribution in [1.29, 1.82) is 0 Å². The summed E-state index contributed by atoms with van der Waals surface area (Å²) in [5.41, 5.74) is 2.80. The lowest BCUT2D eigenvalue weighted by Gasteiger charge is -2.14. The molecule has 1 amide bonds. The molecule has 0 bridgehead atoms. The van der Waals surface area contributed by atoms with Crippen molar-refractivity contribution >= 4 is 38.9 Å². The van der Waals surface area contributed by atoms with Crippen LogP contribution in [0.5, 0.6) is 11.5 Å². The first-order valence-corrected chi connectivity index (χ1v) is 11.4. The summed E-state index contributed by atoms with van der Waals surface area (Å²) in [6, 6.07) is 14.4. The number of halogens is 1. The predicted molar refractivity (Wildman–Crippen MR) is 126 cm³/mol. The minimum atomic E-state index is -4.00. The number of hydrogen-bond donors (Lipinski definition) is 2. The molecule has 32 heavy (non-hydrogen) atoms. The van der Waals surface area contributed by atoms with E-state index in [1.165, 1.54) is 32.4 Å². The monoisotopic (exact) mass is 474 g/mol. The fraction of sp³-hybridized carbons (Fsp3) is 0.174. The third kappa shape index (κ3) is 5.33. The van der Waals surface area contributed by atoms with Gasteiger partial charge in [0.05, 0.1) is 24.9 Å². The molecule has 9 heteroatoms. The Morgan fingerprint density at radius 3 is 2.16 bits per heavy atom. The van der Waals surface area contributed by atoms with Gasteiger partial charge in [-0.15, -0.1) is 0 Å². The molecule has 2 N–H and O–H groups in total. The lowest BCUT2D eigenvalue weighted by Crippen LogP contribution is -2.16. The highest BCUT2D eigenvalue weighted by Gasteiger charge is 2.20. The number of amides is 1. The average Bonchev–Trinajstić information content (AvgIpc) is 2.76. The lowest BCUT2D eigenvalue weighted by atomic mass is 10.1. The molecule has 7 nitrogen and oxygen atoms in total. The number of benzene rings is 3. The van der Waals surface area contributed by atoms with E-state index in [2.05, 4.69) is 10.0 Å². The van der Waals surface area contributed by atoms with Crippen molar-refractivity contribution in [2.24, 2.45) is 0 Å². The van der Waals surface area contributed by atoms with Crippen LogP contribution in [0.4, 0.5) is 11.4 Å². The summed E-state index contributed by atoms with van der Waals surface area (Å²) in [6.45, 7) is 3.73. The van der Waals surface area contributed by atoms with Gasteiger partial charge in [-0.2, -0.15) is 0 Å². The molecule has 0 aliphatic rings. The van der Waals surface area contributed by atoms with Crippen LogP contribution >= 0.6 is 11.6 Å². The smallest absolute Gasteiger partial charge is 0.263 e. The van der Waals surface area contributed by atoms with Gasteiger partial charge in [0, 0.05) is 17.3 Å². The standard InChI is InChI=1S/C23H23ClN2O5S/c1-14-5-8-21(15(2)9-14)26-32(28,29)22-12-17(6-7-20(22)24)25-23(27)16-10-18(30-3)13-19(11-16)31-4/h5-13,26H,1-4H3,(H,25,27). The normalized spacial score (nSPS) is 11.0. The fourth-order valence-electron chi connectivity index (χ4n) is 3.06. The first kappa shape index (κ1) is 23.4. The molecule has 0 saturated heterocycles. The Hall–Kier alpha value is -3.23. The van der Waals surface area contributed by atoms with Gasteiger partial charge in [-0.25, -0.2) is 8.42 Å². The average molecular weight is 475 g/mol. The number of anilines is 2. The minimum absolute atomic E-state index is 0.0308. The summed E-state index contributed by atoms with van der Waals surface area (Å²) in [6.07, 6.45) is 0. The molecular weight excluding hydrogens is 452 g/mol. The van der Waals surface area contributed by atoms with Crippen LogP contribution < -0.4 is 19.5 Å². The number of rotatable bonds is 7. The van der Waals surface area contributed by atoms with Gasteiger partial charge < -0.3 is 14.8 Å². The van der Waals surface area contributed by atoms with E-state index in [9.17, 15) is 13.2 Å². The fourth-order valence-corrected chi connectivity index (χ4v) is 4.71. The number of hydrogen-bond acceptors (Lipinski definition) is 5. The molecule has 0 unspecified atom stereocenters. The Balaban J connectivity index is 1.89. The highest BCUT2D eigenvalue weighted by atomic mass is 35.5. The molecule has 0 aliphatic carbocycles. The zero-order valence-electron chi connectivity index (χ0n) is 18.0. The SMILES string of the molecule is COc1cc(OC)cc(C(=O)Nc2ccc(Cl)c(S(=O)(=O)Nc3ccc(C)cc3C)c2)c1. The van der Waals surface area contributed by atoms with Gasteiger partial charge in [-0.05, 0) is 55.8 Å². The number of nitrogens with one attached hydrogen (secondary N) is 2. The van der Waals surface area contributed by atoms with Crippen LogP contribution in [-0.2, 0) is 10.0 Å². The summed E-state index contributed by atoms with van der Waals surface area (Å²) < 4.78 is 38.9. The maximum Gasteiger partial charge on any atom is 0.263 e. The summed E-state index contributed by atoms with van der Waals surface area (Å²) in [7, 11) is -1.03. The second-order valence-corrected chi connectivity index (χ2v) is 9.18. The summed E-state index contributed by atoms with van der Waals surface area (Å²) in [4.78, 5) is 12.6. The van der Waals surface area contributed by atoms with E-state index in [4.69, 9.17) is 21.1 Å². The number of aryl methyl sites for hydroxylation is 2. The van der Waals surface area contributed by atoms with Crippen LogP contribution in [0.2, 0.25) is 5.02 Å². The molecule has 3 aromatic rings. The number of carbonyl (C=O) groups is 1. The first-order valence-electron chi connectivity index (χ1n) is 9.57. The number of ether oxygens (including phenoxy) is 2. The summed E-state index contributed by atoms with van der Waals surface area (Å²) in [5.74, 6) is 0.438. The van der Waals surface area contributed by atoms with E-state index in [1.54, 1.807) is 24.3 Å². The molecule has 3 rings (SSSR count). The second-order valence-electron chi connectivity index (χ2n) is 7.12. The van der Waals surface area contributed by atoms with E-state index in [-0.39, 0.29) is 21.2 Å². The summed E-state index contributed by atoms with van der Waals surface area (Å²) >= 11 is 6.18. The topological polar surface area (TPSA) is 93.7 Å². The van der Waals surface area contributed by atoms with E-state index in [0.29, 0.717) is 17.2 Å². The van der Waals surface area contributed by atoms with Gasteiger partial charge in [-0.1, -0.05) is 29.3 Å². The van der Waals surface area contributed by atoms with Crippen molar-refractivity contribution in [2.45, 2.75) is 18.7 Å². The zero-order chi connectivity index (χ0) is 23.5. The molecule has 0 saturated carbocycles. The van der Waals surface area contributed by atoms with Gasteiger partial charge >= 0.3 is 0 Å². The Kier molecular flexibility index (Phi) is 6.96. The molecule has 0 heterocycles. The molecular formula is C23H23ClN2O5S. The van der Waals surface area contributed by atoms with Crippen LogP contribution in [0.3, 0.4) is 0 Å². The minimum Gasteiger partial charge on any atom is -0.497 e. The number of methoxy groups -OCH3 is 2. The predicted octanol–water partition coefficient (Wildman–Crippen LogP) is 5.03. The highest BCUT2D eigenvalue weighted by Crippen LogP contribution is 2.29. The van der Waals surface area contributed by atoms with Gasteiger partial charge in [0.15, 0.2) is 0 Å². The van der Waals surface area contributed by atoms with E-state index in [0.717, 1.165) is 11.1 Å². The van der Waals surface area contributed by atoms with Crippen molar-refractivity contribution in [3.8, 4) is 11.5 Å². The largest absolute Gasteiger partial charge is 0.497 e. The Bertz CT molecular complexity index is 1250. The highest BCUT2D eigenvalue weighted by molar-refractivity contribution is 7.92. The van der Waals surface area contributed by atoms with Gasteiger partial charge in [0.1, 0.15) is 16.4 Å². The molecule has 0 radical (unpaired) electrons. The first-order chi connectivity index (χ1) is 15.1. The van der Waals surface area contributed by atoms with Crippen molar-refractivity contribution in [3.63, 3.8) is 0 Å². The van der Waals surface area contributed by atoms with Crippen LogP contribution in [-0.4, -0.2) is 28.5 Å². The zero-order valence-corrected chi connectivity index (χ0v) is 19.6.